The standard InChI is InChI=1S/C12H17FN2O4S/c1-20(17,18)15-8-4-7-14-12(16)9-19-11-6-3-2-5-10(11)13/h2-3,5-6,15H,4,7-9H2,1H3,(H,14,16). The smallest absolute Gasteiger partial charge is 0.257 e. The molecule has 20 heavy (non-hydrogen) atoms. The molecule has 0 aliphatic carbocycles. The number of benzene rings is 1. The molecule has 6 nitrogen and oxygen atoms in total. The van der Waals surface area contributed by atoms with Crippen molar-refractivity contribution in [1.29, 1.82) is 0 Å². The van der Waals surface area contributed by atoms with E-state index in [9.17, 15) is 17.6 Å². The van der Waals surface area contributed by atoms with E-state index in [1.54, 1.807) is 6.07 Å². The van der Waals surface area contributed by atoms with Crippen molar-refractivity contribution < 1.29 is 22.3 Å². The normalized spacial score (nSPS) is 11.1. The zero-order valence-electron chi connectivity index (χ0n) is 11.1. The zero-order valence-corrected chi connectivity index (χ0v) is 11.9. The number of hydrogen-bond acceptors (Lipinski definition) is 4. The van der Waals surface area contributed by atoms with E-state index in [0.717, 1.165) is 6.26 Å². The molecule has 0 spiro atoms. The maximum absolute atomic E-state index is 13.2. The van der Waals surface area contributed by atoms with Gasteiger partial charge in [0.05, 0.1) is 6.26 Å². The first-order valence-corrected chi connectivity index (χ1v) is 7.86. The fourth-order valence-corrected chi connectivity index (χ4v) is 1.85. The van der Waals surface area contributed by atoms with Gasteiger partial charge in [-0.2, -0.15) is 0 Å². The average molecular weight is 304 g/mol. The highest BCUT2D eigenvalue weighted by Crippen LogP contribution is 2.14. The molecule has 0 unspecified atom stereocenters. The highest BCUT2D eigenvalue weighted by Gasteiger charge is 2.06. The van der Waals surface area contributed by atoms with Gasteiger partial charge >= 0.3 is 0 Å². The third-order valence-corrected chi connectivity index (χ3v) is 2.96. The Morgan fingerprint density at radius 2 is 2.00 bits per heavy atom. The van der Waals surface area contributed by atoms with E-state index in [4.69, 9.17) is 4.74 Å². The molecule has 1 amide bonds. The maximum Gasteiger partial charge on any atom is 0.257 e. The fourth-order valence-electron chi connectivity index (χ4n) is 1.33. The van der Waals surface area contributed by atoms with Gasteiger partial charge in [-0.1, -0.05) is 12.1 Å². The molecular formula is C12H17FN2O4S. The summed E-state index contributed by atoms with van der Waals surface area (Å²) in [5.74, 6) is -0.911. The largest absolute Gasteiger partial charge is 0.481 e. The van der Waals surface area contributed by atoms with E-state index >= 15 is 0 Å². The van der Waals surface area contributed by atoms with Gasteiger partial charge in [-0.15, -0.1) is 0 Å². The Hall–Kier alpha value is -1.67. The fraction of sp³-hybridized carbons (Fsp3) is 0.417. The lowest BCUT2D eigenvalue weighted by atomic mass is 10.3. The van der Waals surface area contributed by atoms with Crippen molar-refractivity contribution in [3.63, 3.8) is 0 Å². The zero-order chi connectivity index (χ0) is 15.0. The number of carbonyl (C=O) groups excluding carboxylic acids is 1. The van der Waals surface area contributed by atoms with Crippen molar-refractivity contribution in [1.82, 2.24) is 10.0 Å². The van der Waals surface area contributed by atoms with Crippen LogP contribution in [0.5, 0.6) is 5.75 Å². The maximum atomic E-state index is 13.2. The molecular weight excluding hydrogens is 287 g/mol. The minimum atomic E-state index is -3.20. The lowest BCUT2D eigenvalue weighted by molar-refractivity contribution is -0.123. The average Bonchev–Trinajstić information content (AvgIpc) is 2.36. The van der Waals surface area contributed by atoms with Crippen LogP contribution in [0.2, 0.25) is 0 Å². The Balaban J connectivity index is 2.17. The molecule has 112 valence electrons. The SMILES string of the molecule is CS(=O)(=O)NCCCNC(=O)COc1ccccc1F. The number of para-hydroxylation sites is 1. The van der Waals surface area contributed by atoms with E-state index < -0.39 is 21.7 Å². The predicted molar refractivity (Wildman–Crippen MR) is 72.4 cm³/mol. The van der Waals surface area contributed by atoms with Crippen LogP contribution in [0.15, 0.2) is 24.3 Å². The highest BCUT2D eigenvalue weighted by molar-refractivity contribution is 7.88. The summed E-state index contributed by atoms with van der Waals surface area (Å²) in [6.07, 6.45) is 1.52. The highest BCUT2D eigenvalue weighted by atomic mass is 32.2. The first-order valence-electron chi connectivity index (χ1n) is 5.97. The second-order valence-corrected chi connectivity index (χ2v) is 5.92. The molecule has 0 bridgehead atoms. The van der Waals surface area contributed by atoms with Crippen LogP contribution in [0.1, 0.15) is 6.42 Å². The number of nitrogens with one attached hydrogen (secondary N) is 2. The Labute approximate surface area is 117 Å². The van der Waals surface area contributed by atoms with Gasteiger partial charge in [-0.05, 0) is 18.6 Å². The number of rotatable bonds is 8. The van der Waals surface area contributed by atoms with Gasteiger partial charge in [0.1, 0.15) is 0 Å². The van der Waals surface area contributed by atoms with E-state index in [0.29, 0.717) is 13.0 Å². The molecule has 1 rings (SSSR count). The first-order chi connectivity index (χ1) is 9.38. The summed E-state index contributed by atoms with van der Waals surface area (Å²) in [7, 11) is -3.20. The van der Waals surface area contributed by atoms with E-state index in [1.165, 1.54) is 18.2 Å². The summed E-state index contributed by atoms with van der Waals surface area (Å²) in [4.78, 5) is 11.4. The van der Waals surface area contributed by atoms with Gasteiger partial charge in [0.25, 0.3) is 5.91 Å². The molecule has 0 fully saturated rings. The molecule has 0 saturated carbocycles. The molecule has 0 aromatic heterocycles. The van der Waals surface area contributed by atoms with Gasteiger partial charge in [-0.25, -0.2) is 17.5 Å². The Bertz CT molecular complexity index is 548. The van der Waals surface area contributed by atoms with Crippen LogP contribution in [0.4, 0.5) is 4.39 Å². The molecule has 2 N–H and O–H groups in total. The summed E-state index contributed by atoms with van der Waals surface area (Å²) in [6.45, 7) is 0.260. The van der Waals surface area contributed by atoms with Crippen LogP contribution in [0.3, 0.4) is 0 Å². The Morgan fingerprint density at radius 1 is 1.30 bits per heavy atom. The molecule has 1 aromatic rings. The molecule has 0 saturated heterocycles. The van der Waals surface area contributed by atoms with Crippen molar-refractivity contribution in [2.45, 2.75) is 6.42 Å². The van der Waals surface area contributed by atoms with Gasteiger partial charge in [0.15, 0.2) is 18.2 Å². The van der Waals surface area contributed by atoms with Crippen molar-refractivity contribution >= 4 is 15.9 Å². The molecule has 1 aromatic carbocycles. The number of halogens is 1. The van der Waals surface area contributed by atoms with Gasteiger partial charge < -0.3 is 10.1 Å². The second-order valence-electron chi connectivity index (χ2n) is 4.09. The monoisotopic (exact) mass is 304 g/mol. The molecule has 0 radical (unpaired) electrons. The van der Waals surface area contributed by atoms with Gasteiger partial charge in [0, 0.05) is 13.1 Å². The van der Waals surface area contributed by atoms with Crippen LogP contribution in [-0.4, -0.2) is 40.3 Å². The van der Waals surface area contributed by atoms with Crippen LogP contribution in [0, 0.1) is 5.82 Å². The van der Waals surface area contributed by atoms with Crippen LogP contribution >= 0.6 is 0 Å². The third kappa shape index (κ3) is 7.05. The number of carbonyl (C=O) groups is 1. The lowest BCUT2D eigenvalue weighted by Crippen LogP contribution is -2.32. The van der Waals surface area contributed by atoms with Crippen LogP contribution in [-0.2, 0) is 14.8 Å². The van der Waals surface area contributed by atoms with Crippen molar-refractivity contribution in [2.24, 2.45) is 0 Å². The lowest BCUT2D eigenvalue weighted by Gasteiger charge is -2.08. The second kappa shape index (κ2) is 7.81. The topological polar surface area (TPSA) is 84.5 Å². The van der Waals surface area contributed by atoms with Crippen molar-refractivity contribution in [3.05, 3.63) is 30.1 Å². The van der Waals surface area contributed by atoms with E-state index in [1.807, 2.05) is 0 Å². The summed E-state index contributed by atoms with van der Waals surface area (Å²) in [5, 5.41) is 2.54. The molecule has 0 aliphatic heterocycles. The van der Waals surface area contributed by atoms with Crippen LogP contribution in [0.25, 0.3) is 0 Å². The minimum Gasteiger partial charge on any atom is -0.481 e. The molecule has 8 heteroatoms. The van der Waals surface area contributed by atoms with Gasteiger partial charge in [0.2, 0.25) is 10.0 Å². The summed E-state index contributed by atoms with van der Waals surface area (Å²) >= 11 is 0. The van der Waals surface area contributed by atoms with Crippen molar-refractivity contribution in [3.8, 4) is 5.75 Å². The summed E-state index contributed by atoms with van der Waals surface area (Å²) < 4.78 is 42.0. The summed E-state index contributed by atoms with van der Waals surface area (Å²) in [5.41, 5.74) is 0. The number of hydrogen-bond donors (Lipinski definition) is 2. The first kappa shape index (κ1) is 16.4. The Kier molecular flexibility index (Phi) is 6.40. The predicted octanol–water partition coefficient (Wildman–Crippen LogP) is 0.260. The molecule has 0 heterocycles. The minimum absolute atomic E-state index is 0.0152. The van der Waals surface area contributed by atoms with Crippen molar-refractivity contribution in [2.75, 3.05) is 26.0 Å². The van der Waals surface area contributed by atoms with E-state index in [-0.39, 0.29) is 18.9 Å². The summed E-state index contributed by atoms with van der Waals surface area (Å²) in [6, 6.07) is 5.80. The number of amides is 1. The number of sulfonamides is 1. The quantitative estimate of drug-likeness (QED) is 0.675. The van der Waals surface area contributed by atoms with E-state index in [2.05, 4.69) is 10.0 Å². The third-order valence-electron chi connectivity index (χ3n) is 2.24. The molecule has 0 aliphatic rings. The number of ether oxygens (including phenoxy) is 1. The van der Waals surface area contributed by atoms with Gasteiger partial charge in [-0.3, -0.25) is 4.79 Å². The molecule has 0 atom stereocenters. The Morgan fingerprint density at radius 3 is 2.65 bits per heavy atom. The van der Waals surface area contributed by atoms with Crippen LogP contribution < -0.4 is 14.8 Å².